The molecule has 0 aromatic carbocycles. The van der Waals surface area contributed by atoms with Gasteiger partial charge in [-0.05, 0) is 18.6 Å². The maximum Gasteiger partial charge on any atom is 0.269 e. The number of rotatable bonds is 3. The van der Waals surface area contributed by atoms with Gasteiger partial charge in [0.25, 0.3) is 5.56 Å². The lowest BCUT2D eigenvalue weighted by Gasteiger charge is -2.03. The molecule has 66 valence electrons. The number of hydrogen-bond donors (Lipinski definition) is 0. The summed E-state index contributed by atoms with van der Waals surface area (Å²) in [5.74, 6) is 0. The van der Waals surface area contributed by atoms with Gasteiger partial charge >= 0.3 is 0 Å². The second-order valence-electron chi connectivity index (χ2n) is 2.71. The van der Waals surface area contributed by atoms with E-state index < -0.39 is 0 Å². The molecule has 2 nitrogen and oxygen atoms in total. The zero-order valence-corrected chi connectivity index (χ0v) is 7.84. The monoisotopic (exact) mass is 185 g/mol. The molecule has 0 atom stereocenters. The van der Waals surface area contributed by atoms with Crippen LogP contribution in [0.3, 0.4) is 0 Å². The van der Waals surface area contributed by atoms with E-state index in [0.717, 1.165) is 19.4 Å². The average Bonchev–Trinajstić information content (AvgIpc) is 2.08. The van der Waals surface area contributed by atoms with Crippen LogP contribution in [0, 0.1) is 0 Å². The van der Waals surface area contributed by atoms with E-state index in [2.05, 4.69) is 6.92 Å². The Morgan fingerprint density at radius 2 is 2.33 bits per heavy atom. The molecule has 3 heteroatoms. The van der Waals surface area contributed by atoms with Crippen molar-refractivity contribution in [2.24, 2.45) is 0 Å². The molecule has 0 aliphatic heterocycles. The standard InChI is InChI=1S/C9H12ClNO/c1-2-3-6-11-7-4-5-8(10)9(11)12/h4-5,7H,2-3,6H2,1H3. The van der Waals surface area contributed by atoms with Crippen LogP contribution in [0.25, 0.3) is 0 Å². The zero-order valence-electron chi connectivity index (χ0n) is 7.09. The van der Waals surface area contributed by atoms with E-state index >= 15 is 0 Å². The molecule has 0 N–H and O–H groups in total. The fourth-order valence-electron chi connectivity index (χ4n) is 1.01. The lowest BCUT2D eigenvalue weighted by Crippen LogP contribution is -2.19. The summed E-state index contributed by atoms with van der Waals surface area (Å²) >= 11 is 5.66. The predicted molar refractivity (Wildman–Crippen MR) is 50.6 cm³/mol. The lowest BCUT2D eigenvalue weighted by atomic mass is 10.3. The first kappa shape index (κ1) is 9.33. The highest BCUT2D eigenvalue weighted by molar-refractivity contribution is 6.30. The highest BCUT2D eigenvalue weighted by Crippen LogP contribution is 1.99. The van der Waals surface area contributed by atoms with Gasteiger partial charge in [0, 0.05) is 12.7 Å². The quantitative estimate of drug-likeness (QED) is 0.709. The predicted octanol–water partition coefficient (Wildman–Crippen LogP) is 2.30. The number of unbranched alkanes of at least 4 members (excludes halogenated alkanes) is 1. The van der Waals surface area contributed by atoms with Crippen LogP contribution in [-0.2, 0) is 6.54 Å². The van der Waals surface area contributed by atoms with Crippen molar-refractivity contribution in [3.05, 3.63) is 33.7 Å². The molecule has 0 saturated heterocycles. The third kappa shape index (κ3) is 2.11. The number of aromatic nitrogens is 1. The van der Waals surface area contributed by atoms with Crippen LogP contribution in [0.1, 0.15) is 19.8 Å². The van der Waals surface area contributed by atoms with Crippen LogP contribution in [0.15, 0.2) is 23.1 Å². The number of halogens is 1. The van der Waals surface area contributed by atoms with Gasteiger partial charge in [0.05, 0.1) is 0 Å². The van der Waals surface area contributed by atoms with Crippen molar-refractivity contribution >= 4 is 11.6 Å². The summed E-state index contributed by atoms with van der Waals surface area (Å²) in [5.41, 5.74) is -0.0902. The van der Waals surface area contributed by atoms with Crippen LogP contribution >= 0.6 is 11.6 Å². The number of pyridine rings is 1. The van der Waals surface area contributed by atoms with Gasteiger partial charge in [-0.25, -0.2) is 0 Å². The summed E-state index contributed by atoms with van der Waals surface area (Å²) in [6.45, 7) is 2.85. The molecule has 1 heterocycles. The summed E-state index contributed by atoms with van der Waals surface area (Å²) in [5, 5.41) is 0.300. The smallest absolute Gasteiger partial charge is 0.269 e. The van der Waals surface area contributed by atoms with Gasteiger partial charge < -0.3 is 4.57 Å². The maximum absolute atomic E-state index is 11.3. The Morgan fingerprint density at radius 3 is 3.00 bits per heavy atom. The van der Waals surface area contributed by atoms with E-state index in [4.69, 9.17) is 11.6 Å². The highest BCUT2D eigenvalue weighted by Gasteiger charge is 1.97. The third-order valence-electron chi connectivity index (χ3n) is 1.73. The van der Waals surface area contributed by atoms with Crippen LogP contribution in [0.4, 0.5) is 0 Å². The van der Waals surface area contributed by atoms with Gasteiger partial charge in [-0.2, -0.15) is 0 Å². The maximum atomic E-state index is 11.3. The van der Waals surface area contributed by atoms with Gasteiger partial charge in [-0.3, -0.25) is 4.79 Å². The Labute approximate surface area is 76.8 Å². The molecule has 0 fully saturated rings. The lowest BCUT2D eigenvalue weighted by molar-refractivity contribution is 0.613. The van der Waals surface area contributed by atoms with Gasteiger partial charge in [-0.1, -0.05) is 24.9 Å². The second-order valence-corrected chi connectivity index (χ2v) is 3.12. The topological polar surface area (TPSA) is 22.0 Å². The summed E-state index contributed by atoms with van der Waals surface area (Å²) in [7, 11) is 0. The van der Waals surface area contributed by atoms with Crippen molar-refractivity contribution in [1.82, 2.24) is 4.57 Å². The summed E-state index contributed by atoms with van der Waals surface area (Å²) in [6, 6.07) is 3.41. The van der Waals surface area contributed by atoms with Crippen molar-refractivity contribution in [1.29, 1.82) is 0 Å². The van der Waals surface area contributed by atoms with Gasteiger partial charge in [-0.15, -0.1) is 0 Å². The first-order valence-electron chi connectivity index (χ1n) is 4.10. The third-order valence-corrected chi connectivity index (χ3v) is 2.01. The molecule has 0 spiro atoms. The van der Waals surface area contributed by atoms with Crippen LogP contribution in [0.2, 0.25) is 5.02 Å². The van der Waals surface area contributed by atoms with E-state index in [0.29, 0.717) is 5.02 Å². The van der Waals surface area contributed by atoms with Crippen molar-refractivity contribution in [2.45, 2.75) is 26.3 Å². The molecule has 1 aromatic rings. The van der Waals surface area contributed by atoms with Crippen molar-refractivity contribution in [3.63, 3.8) is 0 Å². The minimum atomic E-state index is -0.0902. The van der Waals surface area contributed by atoms with E-state index in [1.165, 1.54) is 0 Å². The SMILES string of the molecule is CCCCn1cccc(Cl)c1=O. The number of hydrogen-bond acceptors (Lipinski definition) is 1. The Kier molecular flexibility index (Phi) is 3.35. The normalized spacial score (nSPS) is 10.2. The fourth-order valence-corrected chi connectivity index (χ4v) is 1.19. The molecule has 0 aliphatic carbocycles. The van der Waals surface area contributed by atoms with E-state index in [-0.39, 0.29) is 5.56 Å². The van der Waals surface area contributed by atoms with Crippen molar-refractivity contribution < 1.29 is 0 Å². The molecule has 0 bridgehead atoms. The summed E-state index contributed by atoms with van der Waals surface area (Å²) in [4.78, 5) is 11.3. The molecule has 1 aromatic heterocycles. The molecule has 12 heavy (non-hydrogen) atoms. The van der Waals surface area contributed by atoms with E-state index in [1.807, 2.05) is 0 Å². The Balaban J connectivity index is 2.85. The van der Waals surface area contributed by atoms with Crippen LogP contribution < -0.4 is 5.56 Å². The fraction of sp³-hybridized carbons (Fsp3) is 0.444. The second kappa shape index (κ2) is 4.31. The van der Waals surface area contributed by atoms with Crippen LogP contribution in [0.5, 0.6) is 0 Å². The average molecular weight is 186 g/mol. The molecule has 0 amide bonds. The van der Waals surface area contributed by atoms with Crippen molar-refractivity contribution in [2.75, 3.05) is 0 Å². The summed E-state index contributed by atoms with van der Waals surface area (Å²) < 4.78 is 1.64. The Bertz CT molecular complexity index is 306. The van der Waals surface area contributed by atoms with Crippen molar-refractivity contribution in [3.8, 4) is 0 Å². The van der Waals surface area contributed by atoms with Crippen LogP contribution in [-0.4, -0.2) is 4.57 Å². The van der Waals surface area contributed by atoms with E-state index in [9.17, 15) is 4.79 Å². The molecule has 0 radical (unpaired) electrons. The molecular formula is C9H12ClNO. The number of aryl methyl sites for hydroxylation is 1. The first-order valence-corrected chi connectivity index (χ1v) is 4.48. The van der Waals surface area contributed by atoms with E-state index in [1.54, 1.807) is 22.9 Å². The minimum absolute atomic E-state index is 0.0902. The summed E-state index contributed by atoms with van der Waals surface area (Å²) in [6.07, 6.45) is 3.86. The molecular weight excluding hydrogens is 174 g/mol. The van der Waals surface area contributed by atoms with Gasteiger partial charge in [0.1, 0.15) is 5.02 Å². The Morgan fingerprint density at radius 1 is 1.58 bits per heavy atom. The molecule has 1 rings (SSSR count). The highest BCUT2D eigenvalue weighted by atomic mass is 35.5. The molecule has 0 saturated carbocycles. The number of nitrogens with zero attached hydrogens (tertiary/aromatic N) is 1. The zero-order chi connectivity index (χ0) is 8.97. The largest absolute Gasteiger partial charge is 0.314 e. The first-order chi connectivity index (χ1) is 5.75. The molecule has 0 unspecified atom stereocenters. The Hall–Kier alpha value is -0.760. The molecule has 0 aliphatic rings. The van der Waals surface area contributed by atoms with Gasteiger partial charge in [0.15, 0.2) is 0 Å². The minimum Gasteiger partial charge on any atom is -0.314 e. The van der Waals surface area contributed by atoms with Gasteiger partial charge in [0.2, 0.25) is 0 Å².